The number of aromatic nitrogens is 3. The molecule has 2 N–H and O–H groups in total. The summed E-state index contributed by atoms with van der Waals surface area (Å²) in [7, 11) is 1.92. The molecule has 4 heterocycles. The SMILES string of the molecule is C=CC(=O)N1CC[C@H](N2CC(C#Cc3c(-c4ccc(Oc5ccccc5)cc4)c4c(N)ncnc4n3C)C2)[C@@H](F)C1. The highest BCUT2D eigenvalue weighted by Gasteiger charge is 2.39. The Labute approximate surface area is 238 Å². The molecule has 0 radical (unpaired) electrons. The minimum atomic E-state index is -1.08. The van der Waals surface area contributed by atoms with Gasteiger partial charge in [0, 0.05) is 44.2 Å². The van der Waals surface area contributed by atoms with E-state index in [1.165, 1.54) is 17.3 Å². The molecule has 6 rings (SSSR count). The van der Waals surface area contributed by atoms with E-state index in [0.29, 0.717) is 37.5 Å². The second-order valence-corrected chi connectivity index (χ2v) is 10.5. The highest BCUT2D eigenvalue weighted by molar-refractivity contribution is 6.03. The first-order valence-electron chi connectivity index (χ1n) is 13.7. The van der Waals surface area contributed by atoms with Crippen molar-refractivity contribution in [2.24, 2.45) is 13.0 Å². The number of piperidine rings is 1. The van der Waals surface area contributed by atoms with Crippen LogP contribution in [0.25, 0.3) is 22.2 Å². The van der Waals surface area contributed by atoms with Crippen LogP contribution in [0.2, 0.25) is 0 Å². The van der Waals surface area contributed by atoms with E-state index in [-0.39, 0.29) is 24.4 Å². The van der Waals surface area contributed by atoms with Gasteiger partial charge in [-0.3, -0.25) is 9.69 Å². The largest absolute Gasteiger partial charge is 0.457 e. The molecular weight excluding hydrogens is 519 g/mol. The monoisotopic (exact) mass is 550 g/mol. The van der Waals surface area contributed by atoms with E-state index < -0.39 is 6.17 Å². The van der Waals surface area contributed by atoms with Crippen molar-refractivity contribution in [3.05, 3.63) is 79.3 Å². The molecule has 0 unspecified atom stereocenters. The Balaban J connectivity index is 1.23. The van der Waals surface area contributed by atoms with Gasteiger partial charge >= 0.3 is 0 Å². The molecule has 2 aliphatic rings. The zero-order chi connectivity index (χ0) is 28.5. The molecule has 8 nitrogen and oxygen atoms in total. The maximum absolute atomic E-state index is 14.9. The molecule has 0 spiro atoms. The Morgan fingerprint density at radius 2 is 1.83 bits per heavy atom. The van der Waals surface area contributed by atoms with Gasteiger partial charge in [0.1, 0.15) is 41.2 Å². The molecule has 41 heavy (non-hydrogen) atoms. The Morgan fingerprint density at radius 3 is 2.54 bits per heavy atom. The number of nitrogens with two attached hydrogens (primary N) is 1. The van der Waals surface area contributed by atoms with Crippen LogP contribution < -0.4 is 10.5 Å². The number of hydrogen-bond donors (Lipinski definition) is 1. The second-order valence-electron chi connectivity index (χ2n) is 10.5. The molecule has 0 aliphatic carbocycles. The van der Waals surface area contributed by atoms with Crippen LogP contribution in [-0.4, -0.2) is 68.6 Å². The normalized spacial score (nSPS) is 19.3. The Morgan fingerprint density at radius 1 is 1.10 bits per heavy atom. The number of rotatable bonds is 5. The van der Waals surface area contributed by atoms with Crippen molar-refractivity contribution in [1.82, 2.24) is 24.3 Å². The van der Waals surface area contributed by atoms with Gasteiger partial charge in [0.2, 0.25) is 5.91 Å². The van der Waals surface area contributed by atoms with Crippen LogP contribution >= 0.6 is 0 Å². The van der Waals surface area contributed by atoms with E-state index in [0.717, 1.165) is 33.7 Å². The number of carbonyl (C=O) groups excluding carboxylic acids is 1. The number of aryl methyl sites for hydroxylation is 1. The van der Waals surface area contributed by atoms with Crippen molar-refractivity contribution >= 4 is 22.8 Å². The predicted molar refractivity (Wildman–Crippen MR) is 157 cm³/mol. The molecule has 2 atom stereocenters. The highest BCUT2D eigenvalue weighted by atomic mass is 19.1. The van der Waals surface area contributed by atoms with Gasteiger partial charge in [0.05, 0.1) is 11.9 Å². The molecule has 2 fully saturated rings. The number of nitrogen functional groups attached to an aromatic ring is 1. The van der Waals surface area contributed by atoms with Crippen LogP contribution in [0.4, 0.5) is 10.2 Å². The van der Waals surface area contributed by atoms with Crippen LogP contribution in [0.15, 0.2) is 73.6 Å². The van der Waals surface area contributed by atoms with Crippen LogP contribution in [0.1, 0.15) is 12.1 Å². The summed E-state index contributed by atoms with van der Waals surface area (Å²) >= 11 is 0. The van der Waals surface area contributed by atoms with Gasteiger partial charge in [-0.05, 0) is 48.2 Å². The number of alkyl halides is 1. The lowest BCUT2D eigenvalue weighted by Crippen LogP contribution is -2.60. The maximum atomic E-state index is 14.9. The number of hydrogen-bond acceptors (Lipinski definition) is 6. The average Bonchev–Trinajstić information content (AvgIpc) is 3.25. The molecule has 0 bridgehead atoms. The molecule has 2 aliphatic heterocycles. The van der Waals surface area contributed by atoms with E-state index in [9.17, 15) is 9.18 Å². The zero-order valence-corrected chi connectivity index (χ0v) is 22.8. The number of likely N-dealkylation sites (tertiary alicyclic amines) is 2. The number of nitrogens with zero attached hydrogens (tertiary/aromatic N) is 5. The lowest BCUT2D eigenvalue weighted by Gasteiger charge is -2.46. The van der Waals surface area contributed by atoms with Crippen molar-refractivity contribution in [2.45, 2.75) is 18.6 Å². The van der Waals surface area contributed by atoms with E-state index in [1.807, 2.05) is 66.2 Å². The molecule has 9 heteroatoms. The van der Waals surface area contributed by atoms with E-state index in [2.05, 4.69) is 33.3 Å². The Bertz CT molecular complexity index is 1650. The predicted octanol–water partition coefficient (Wildman–Crippen LogP) is 4.42. The number of carbonyl (C=O) groups is 1. The summed E-state index contributed by atoms with van der Waals surface area (Å²) in [6.45, 7) is 5.55. The number of ether oxygens (including phenoxy) is 1. The van der Waals surface area contributed by atoms with Gasteiger partial charge in [-0.2, -0.15) is 0 Å². The Kier molecular flexibility index (Phi) is 7.16. The van der Waals surface area contributed by atoms with Crippen LogP contribution in [0.3, 0.4) is 0 Å². The van der Waals surface area contributed by atoms with Crippen LogP contribution in [0, 0.1) is 17.8 Å². The van der Waals surface area contributed by atoms with E-state index in [1.54, 1.807) is 0 Å². The van der Waals surface area contributed by atoms with Crippen molar-refractivity contribution < 1.29 is 13.9 Å². The van der Waals surface area contributed by atoms with Gasteiger partial charge in [-0.1, -0.05) is 42.8 Å². The Hall–Kier alpha value is -4.68. The van der Waals surface area contributed by atoms with Gasteiger partial charge in [-0.25, -0.2) is 14.4 Å². The number of benzene rings is 2. The van der Waals surface area contributed by atoms with E-state index in [4.69, 9.17) is 10.5 Å². The minimum absolute atomic E-state index is 0.110. The summed E-state index contributed by atoms with van der Waals surface area (Å²) in [5.41, 5.74) is 9.65. The molecular formula is C32H31FN6O2. The molecule has 208 valence electrons. The minimum Gasteiger partial charge on any atom is -0.457 e. The first-order valence-corrected chi connectivity index (χ1v) is 13.7. The average molecular weight is 551 g/mol. The lowest BCUT2D eigenvalue weighted by atomic mass is 9.92. The topological polar surface area (TPSA) is 89.5 Å². The molecule has 2 aromatic carbocycles. The van der Waals surface area contributed by atoms with Crippen molar-refractivity contribution in [2.75, 3.05) is 31.9 Å². The quantitative estimate of drug-likeness (QED) is 0.292. The molecule has 4 aromatic rings. The highest BCUT2D eigenvalue weighted by Crippen LogP contribution is 2.37. The van der Waals surface area contributed by atoms with E-state index >= 15 is 0 Å². The number of anilines is 1. The maximum Gasteiger partial charge on any atom is 0.246 e. The molecule has 1 amide bonds. The fourth-order valence-corrected chi connectivity index (χ4v) is 5.70. The van der Waals surface area contributed by atoms with Crippen molar-refractivity contribution in [3.8, 4) is 34.5 Å². The lowest BCUT2D eigenvalue weighted by molar-refractivity contribution is -0.130. The summed E-state index contributed by atoms with van der Waals surface area (Å²) in [6.07, 6.45) is 2.23. The third kappa shape index (κ3) is 5.14. The second kappa shape index (κ2) is 11.1. The fraction of sp³-hybridized carbons (Fsp3) is 0.281. The van der Waals surface area contributed by atoms with Crippen LogP contribution in [0.5, 0.6) is 11.5 Å². The molecule has 2 aromatic heterocycles. The molecule has 0 saturated carbocycles. The number of para-hydroxylation sites is 1. The summed E-state index contributed by atoms with van der Waals surface area (Å²) in [5.74, 6) is 8.57. The summed E-state index contributed by atoms with van der Waals surface area (Å²) in [5, 5.41) is 0.757. The summed E-state index contributed by atoms with van der Waals surface area (Å²) < 4.78 is 22.8. The third-order valence-electron chi connectivity index (χ3n) is 7.89. The number of halogens is 1. The number of amides is 1. The first-order chi connectivity index (χ1) is 19.9. The summed E-state index contributed by atoms with van der Waals surface area (Å²) in [4.78, 5) is 24.3. The van der Waals surface area contributed by atoms with Crippen molar-refractivity contribution in [1.29, 1.82) is 0 Å². The first kappa shape index (κ1) is 26.5. The van der Waals surface area contributed by atoms with Gasteiger partial charge < -0.3 is 19.9 Å². The standard InChI is InChI=1S/C32H31FN6O2/c1-3-28(40)38-16-15-26(25(33)19-38)39-17-21(18-39)9-14-27-29(30-31(34)35-20-36-32(30)37(27)2)22-10-12-24(13-11-22)41-23-7-5-4-6-8-23/h3-8,10-13,20-21,25-26H,1,15-19H2,2H3,(H2,34,35,36)/t25-,26-/m0/s1. The van der Waals surface area contributed by atoms with Crippen molar-refractivity contribution in [3.63, 3.8) is 0 Å². The fourth-order valence-electron chi connectivity index (χ4n) is 5.70. The molecule has 2 saturated heterocycles. The van der Waals surface area contributed by atoms with Gasteiger partial charge in [0.25, 0.3) is 0 Å². The van der Waals surface area contributed by atoms with Crippen LogP contribution in [-0.2, 0) is 11.8 Å². The number of fused-ring (bicyclic) bond motifs is 1. The van der Waals surface area contributed by atoms with Gasteiger partial charge in [-0.15, -0.1) is 0 Å². The zero-order valence-electron chi connectivity index (χ0n) is 22.8. The van der Waals surface area contributed by atoms with Gasteiger partial charge in [0.15, 0.2) is 0 Å². The smallest absolute Gasteiger partial charge is 0.246 e. The third-order valence-corrected chi connectivity index (χ3v) is 7.89. The summed E-state index contributed by atoms with van der Waals surface area (Å²) in [6, 6.07) is 17.2.